The van der Waals surface area contributed by atoms with Crippen LogP contribution >= 0.6 is 34.8 Å². The number of amides is 2. The van der Waals surface area contributed by atoms with E-state index >= 15 is 0 Å². The van der Waals surface area contributed by atoms with Crippen LogP contribution in [-0.4, -0.2) is 44.1 Å². The van der Waals surface area contributed by atoms with Crippen LogP contribution in [0.3, 0.4) is 0 Å². The van der Waals surface area contributed by atoms with E-state index in [0.717, 1.165) is 35.4 Å². The lowest BCUT2D eigenvalue weighted by Gasteiger charge is -2.11. The summed E-state index contributed by atoms with van der Waals surface area (Å²) in [6.45, 7) is 0.186. The van der Waals surface area contributed by atoms with Gasteiger partial charge in [0.15, 0.2) is 0 Å². The zero-order valence-electron chi connectivity index (χ0n) is 29.7. The number of carbonyl (C=O) groups is 2. The molecule has 6 aromatic rings. The molecule has 3 N–H and O–H groups in total. The van der Waals surface area contributed by atoms with Crippen molar-refractivity contribution < 1.29 is 45.4 Å². The van der Waals surface area contributed by atoms with Gasteiger partial charge in [0.2, 0.25) is 0 Å². The molecule has 0 atom stereocenters. The minimum atomic E-state index is -4.81. The van der Waals surface area contributed by atoms with E-state index in [9.17, 15) is 45.5 Å². The number of nitrogens with zero attached hydrogens (tertiary/aromatic N) is 3. The summed E-state index contributed by atoms with van der Waals surface area (Å²) < 4.78 is 81.3. The zero-order valence-corrected chi connectivity index (χ0v) is 31.9. The number of pyridine rings is 4. The molecule has 4 heterocycles. The van der Waals surface area contributed by atoms with Crippen molar-refractivity contribution in [3.05, 3.63) is 175 Å². The molecule has 0 saturated heterocycles. The lowest BCUT2D eigenvalue weighted by Crippen LogP contribution is -2.29. The Bertz CT molecular complexity index is 2470. The fourth-order valence-corrected chi connectivity index (χ4v) is 5.13. The highest BCUT2D eigenvalue weighted by atomic mass is 35.5. The Labute approximate surface area is 344 Å². The van der Waals surface area contributed by atoms with Gasteiger partial charge in [0.05, 0.1) is 6.54 Å². The number of H-pyrrole nitrogens is 1. The maximum atomic E-state index is 12.6. The number of carbonyl (C=O) groups excluding carboxylic acids is 2. The second-order valence-electron chi connectivity index (χ2n) is 11.4. The maximum Gasteiger partial charge on any atom is 0.573 e. The van der Waals surface area contributed by atoms with Crippen LogP contribution in [0.25, 0.3) is 0 Å². The number of rotatable bonds is 9. The first-order valence-electron chi connectivity index (χ1n) is 16.4. The van der Waals surface area contributed by atoms with E-state index in [0.29, 0.717) is 11.0 Å². The van der Waals surface area contributed by atoms with Gasteiger partial charge in [-0.25, -0.2) is 9.97 Å². The average molecular weight is 884 g/mol. The Morgan fingerprint density at radius 2 is 1.15 bits per heavy atom. The van der Waals surface area contributed by atoms with Crippen molar-refractivity contribution in [1.29, 1.82) is 0 Å². The molecule has 12 nitrogen and oxygen atoms in total. The van der Waals surface area contributed by atoms with Crippen molar-refractivity contribution in [2.24, 2.45) is 0 Å². The van der Waals surface area contributed by atoms with E-state index in [-0.39, 0.29) is 34.2 Å². The first-order valence-corrected chi connectivity index (χ1v) is 17.7. The molecule has 59 heavy (non-hydrogen) atoms. The highest BCUT2D eigenvalue weighted by Gasteiger charge is 2.31. The van der Waals surface area contributed by atoms with E-state index in [4.69, 9.17) is 34.8 Å². The fraction of sp³-hybridized carbons (Fsp3) is 0.105. The summed E-state index contributed by atoms with van der Waals surface area (Å²) in [7, 11) is 0. The Hall–Kier alpha value is -6.37. The predicted molar refractivity (Wildman–Crippen MR) is 207 cm³/mol. The largest absolute Gasteiger partial charge is 0.573 e. The number of aromatic nitrogens is 4. The van der Waals surface area contributed by atoms with Crippen molar-refractivity contribution in [1.82, 2.24) is 19.5 Å². The van der Waals surface area contributed by atoms with Gasteiger partial charge < -0.3 is 29.7 Å². The summed E-state index contributed by atoms with van der Waals surface area (Å²) in [6, 6.07) is 21.7. The predicted octanol–water partition coefficient (Wildman–Crippen LogP) is 9.10. The van der Waals surface area contributed by atoms with Gasteiger partial charge in [-0.05, 0) is 108 Å². The van der Waals surface area contributed by atoms with Gasteiger partial charge in [-0.1, -0.05) is 23.2 Å². The minimum Gasteiger partial charge on any atom is -0.406 e. The molecule has 6 rings (SSSR count). The molecule has 0 spiro atoms. The van der Waals surface area contributed by atoms with Crippen molar-refractivity contribution in [3.8, 4) is 11.5 Å². The van der Waals surface area contributed by atoms with Gasteiger partial charge in [0.25, 0.3) is 22.9 Å². The average Bonchev–Trinajstić information content (AvgIpc) is 3.17. The van der Waals surface area contributed by atoms with Crippen LogP contribution in [0, 0.1) is 0 Å². The smallest absolute Gasteiger partial charge is 0.406 e. The van der Waals surface area contributed by atoms with Crippen molar-refractivity contribution in [2.45, 2.75) is 25.1 Å². The molecule has 0 saturated carbocycles. The fourth-order valence-electron chi connectivity index (χ4n) is 4.57. The van der Waals surface area contributed by atoms with Crippen molar-refractivity contribution in [3.63, 3.8) is 0 Å². The second kappa shape index (κ2) is 20.9. The Morgan fingerprint density at radius 1 is 0.678 bits per heavy atom. The van der Waals surface area contributed by atoms with E-state index in [1.807, 2.05) is 6.07 Å². The molecule has 0 aliphatic rings. The van der Waals surface area contributed by atoms with Crippen molar-refractivity contribution >= 4 is 58.0 Å². The number of ether oxygens (including phenoxy) is 2. The normalized spacial score (nSPS) is 10.9. The molecule has 0 aliphatic carbocycles. The van der Waals surface area contributed by atoms with Crippen LogP contribution < -0.4 is 31.2 Å². The Balaban J connectivity index is 0.000000222. The van der Waals surface area contributed by atoms with Gasteiger partial charge in [-0.15, -0.1) is 37.9 Å². The van der Waals surface area contributed by atoms with Gasteiger partial charge in [-0.2, -0.15) is 0 Å². The van der Waals surface area contributed by atoms with Gasteiger partial charge in [0.1, 0.15) is 32.9 Å². The number of halogens is 9. The number of anilines is 2. The summed E-state index contributed by atoms with van der Waals surface area (Å²) in [4.78, 5) is 58.3. The maximum absolute atomic E-state index is 12.6. The summed E-state index contributed by atoms with van der Waals surface area (Å²) in [5.74, 6) is -1.70. The molecule has 308 valence electrons. The topological polar surface area (TPSA) is 157 Å². The van der Waals surface area contributed by atoms with E-state index in [1.54, 1.807) is 30.5 Å². The quantitative estimate of drug-likeness (QED) is 0.0738. The second-order valence-corrected chi connectivity index (χ2v) is 12.5. The third kappa shape index (κ3) is 15.5. The van der Waals surface area contributed by atoms with Gasteiger partial charge in [-0.3, -0.25) is 19.2 Å². The number of hydrogen-bond acceptors (Lipinski definition) is 8. The molecule has 2 aromatic carbocycles. The standard InChI is InChI=1S/C19H13ClF3N3O3.C13H9F3N2O3.C6H5Cl2N/c20-16-10-12(7-8-24-16)11-26-9-1-2-15(18(26)28)17(27)25-13-3-5-14(6-4-13)29-19(21,22)23;14-13(15,16)21-9-5-3-8(4-6-9)18-12(20)10-2-1-7-17-11(10)19;7-4-5-1-2-9-6(8)3-5/h1-10H,11H2,(H,25,27);1-7H,(H,17,19)(H,18,20);1-3H,4H2. The number of benzene rings is 2. The first-order chi connectivity index (χ1) is 27.9. The van der Waals surface area contributed by atoms with Crippen molar-refractivity contribution in [2.75, 3.05) is 10.6 Å². The highest BCUT2D eigenvalue weighted by Crippen LogP contribution is 2.25. The lowest BCUT2D eigenvalue weighted by molar-refractivity contribution is -0.275. The summed E-state index contributed by atoms with van der Waals surface area (Å²) in [5, 5.41) is 5.64. The summed E-state index contributed by atoms with van der Waals surface area (Å²) >= 11 is 16.9. The van der Waals surface area contributed by atoms with Gasteiger partial charge >= 0.3 is 12.7 Å². The molecular formula is C38H27Cl3F6N6O6. The van der Waals surface area contributed by atoms with Crippen LogP contribution in [0.5, 0.6) is 11.5 Å². The Kier molecular flexibility index (Phi) is 16.0. The third-order valence-electron chi connectivity index (χ3n) is 7.11. The van der Waals surface area contributed by atoms with E-state index < -0.39 is 47.2 Å². The Morgan fingerprint density at radius 3 is 1.61 bits per heavy atom. The molecule has 0 fully saturated rings. The number of hydrogen-bond donors (Lipinski definition) is 3. The molecule has 2 amide bonds. The number of nitrogens with one attached hydrogen (secondary N) is 3. The molecular weight excluding hydrogens is 857 g/mol. The van der Waals surface area contributed by atoms with Gasteiger partial charge in [0, 0.05) is 42.0 Å². The third-order valence-corrected chi connectivity index (χ3v) is 7.83. The highest BCUT2D eigenvalue weighted by molar-refractivity contribution is 6.29. The molecule has 0 unspecified atom stereocenters. The van der Waals surface area contributed by atoms with Crippen LogP contribution in [0.15, 0.2) is 131 Å². The lowest BCUT2D eigenvalue weighted by atomic mass is 10.2. The van der Waals surface area contributed by atoms with Crippen LogP contribution in [-0.2, 0) is 12.4 Å². The van der Waals surface area contributed by atoms with Crippen LogP contribution in [0.2, 0.25) is 10.3 Å². The van der Waals surface area contributed by atoms with Crippen LogP contribution in [0.4, 0.5) is 37.7 Å². The minimum absolute atomic E-state index is 0.104. The van der Waals surface area contributed by atoms with Crippen LogP contribution in [0.1, 0.15) is 31.8 Å². The number of alkyl halides is 7. The molecule has 21 heteroatoms. The monoisotopic (exact) mass is 882 g/mol. The molecule has 0 bridgehead atoms. The first kappa shape index (κ1) is 45.3. The summed E-state index contributed by atoms with van der Waals surface area (Å²) in [6.07, 6.45) is -3.54. The summed E-state index contributed by atoms with van der Waals surface area (Å²) in [5.41, 5.74) is 0.845. The molecule has 4 aromatic heterocycles. The van der Waals surface area contributed by atoms with E-state index in [2.05, 4.69) is 35.1 Å². The molecule has 0 aliphatic heterocycles. The SMILES string of the molecule is ClCc1ccnc(Cl)c1.O=C(Nc1ccc(OC(F)(F)F)cc1)c1ccc[nH]c1=O.O=C(Nc1ccc(OC(F)(F)F)cc1)c1cccn(Cc2ccnc(Cl)c2)c1=O. The molecule has 0 radical (unpaired) electrons. The van der Waals surface area contributed by atoms with E-state index in [1.165, 1.54) is 65.6 Å². The number of aromatic amines is 1. The zero-order chi connectivity index (χ0) is 43.2.